The van der Waals surface area contributed by atoms with Crippen LogP contribution in [0.1, 0.15) is 19.3 Å². The summed E-state index contributed by atoms with van der Waals surface area (Å²) in [4.78, 5) is 50.0. The van der Waals surface area contributed by atoms with E-state index in [9.17, 15) is 19.2 Å². The van der Waals surface area contributed by atoms with Gasteiger partial charge < -0.3 is 19.5 Å². The summed E-state index contributed by atoms with van der Waals surface area (Å²) in [6, 6.07) is 4.90. The number of methoxy groups -OCH3 is 2. The SMILES string of the molecule is COc1ccc(OC)c(NC(=O)COC(=O)CCN2C(=O)[C@H]3CC=CC[C@@H]3C2=O)c1. The van der Waals surface area contributed by atoms with E-state index in [1.807, 2.05) is 12.2 Å². The largest absolute Gasteiger partial charge is 0.497 e. The monoisotopic (exact) mass is 416 g/mol. The van der Waals surface area contributed by atoms with Crippen molar-refractivity contribution in [2.75, 3.05) is 32.7 Å². The van der Waals surface area contributed by atoms with Crippen molar-refractivity contribution < 1.29 is 33.4 Å². The maximum Gasteiger partial charge on any atom is 0.308 e. The lowest BCUT2D eigenvalue weighted by molar-refractivity contribution is -0.148. The molecule has 160 valence electrons. The second-order valence-electron chi connectivity index (χ2n) is 7.01. The van der Waals surface area contributed by atoms with E-state index < -0.39 is 18.5 Å². The highest BCUT2D eigenvalue weighted by Gasteiger charge is 2.46. The van der Waals surface area contributed by atoms with Crippen molar-refractivity contribution in [2.45, 2.75) is 19.3 Å². The number of allylic oxidation sites excluding steroid dienone is 2. The Hall–Kier alpha value is -3.36. The average molecular weight is 416 g/mol. The molecule has 9 heteroatoms. The van der Waals surface area contributed by atoms with Gasteiger partial charge in [-0.3, -0.25) is 24.1 Å². The molecule has 30 heavy (non-hydrogen) atoms. The van der Waals surface area contributed by atoms with E-state index in [1.54, 1.807) is 18.2 Å². The zero-order valence-electron chi connectivity index (χ0n) is 16.9. The molecule has 0 radical (unpaired) electrons. The Bertz CT molecular complexity index is 854. The molecule has 1 aliphatic heterocycles. The van der Waals surface area contributed by atoms with Crippen LogP contribution in [-0.4, -0.2) is 56.0 Å². The third kappa shape index (κ3) is 4.61. The van der Waals surface area contributed by atoms with Gasteiger partial charge in [-0.15, -0.1) is 0 Å². The van der Waals surface area contributed by atoms with Crippen LogP contribution in [0.15, 0.2) is 30.4 Å². The van der Waals surface area contributed by atoms with E-state index in [0.717, 1.165) is 4.90 Å². The Morgan fingerprint density at radius 1 is 1.07 bits per heavy atom. The fraction of sp³-hybridized carbons (Fsp3) is 0.429. The number of benzene rings is 1. The minimum Gasteiger partial charge on any atom is -0.497 e. The number of esters is 1. The van der Waals surface area contributed by atoms with Gasteiger partial charge >= 0.3 is 5.97 Å². The van der Waals surface area contributed by atoms with Crippen LogP contribution in [0.3, 0.4) is 0 Å². The van der Waals surface area contributed by atoms with Crippen molar-refractivity contribution in [2.24, 2.45) is 11.8 Å². The van der Waals surface area contributed by atoms with E-state index in [2.05, 4.69) is 5.32 Å². The molecular weight excluding hydrogens is 392 g/mol. The number of fused-ring (bicyclic) bond motifs is 1. The minimum absolute atomic E-state index is 0.0468. The average Bonchev–Trinajstić information content (AvgIpc) is 3.00. The zero-order valence-corrected chi connectivity index (χ0v) is 16.9. The van der Waals surface area contributed by atoms with Gasteiger partial charge in [0.05, 0.1) is 38.2 Å². The highest BCUT2D eigenvalue weighted by atomic mass is 16.5. The first kappa shape index (κ1) is 21.4. The lowest BCUT2D eigenvalue weighted by atomic mass is 9.85. The van der Waals surface area contributed by atoms with Crippen LogP contribution < -0.4 is 14.8 Å². The van der Waals surface area contributed by atoms with Gasteiger partial charge in [-0.2, -0.15) is 0 Å². The van der Waals surface area contributed by atoms with Gasteiger partial charge in [-0.1, -0.05) is 12.2 Å². The van der Waals surface area contributed by atoms with Gasteiger partial charge in [0.2, 0.25) is 11.8 Å². The Balaban J connectivity index is 1.46. The van der Waals surface area contributed by atoms with Gasteiger partial charge in [0.1, 0.15) is 11.5 Å². The van der Waals surface area contributed by atoms with Crippen LogP contribution in [0.5, 0.6) is 11.5 Å². The smallest absolute Gasteiger partial charge is 0.308 e. The molecule has 0 unspecified atom stereocenters. The fourth-order valence-electron chi connectivity index (χ4n) is 3.61. The molecular formula is C21H24N2O7. The number of nitrogens with zero attached hydrogens (tertiary/aromatic N) is 1. The van der Waals surface area contributed by atoms with Crippen molar-refractivity contribution in [3.05, 3.63) is 30.4 Å². The number of ether oxygens (including phenoxy) is 3. The normalized spacial score (nSPS) is 20.0. The molecule has 3 rings (SSSR count). The Morgan fingerprint density at radius 3 is 2.33 bits per heavy atom. The van der Waals surface area contributed by atoms with Crippen LogP contribution in [-0.2, 0) is 23.9 Å². The predicted octanol–water partition coefficient (Wildman–Crippen LogP) is 1.53. The molecule has 1 N–H and O–H groups in total. The number of nitrogens with one attached hydrogen (secondary N) is 1. The molecule has 0 bridgehead atoms. The first-order chi connectivity index (χ1) is 14.4. The third-order valence-corrected chi connectivity index (χ3v) is 5.18. The molecule has 0 saturated carbocycles. The van der Waals surface area contributed by atoms with E-state index >= 15 is 0 Å². The third-order valence-electron chi connectivity index (χ3n) is 5.18. The first-order valence-corrected chi connectivity index (χ1v) is 9.62. The molecule has 2 aliphatic rings. The first-order valence-electron chi connectivity index (χ1n) is 9.62. The molecule has 9 nitrogen and oxygen atoms in total. The summed E-state index contributed by atoms with van der Waals surface area (Å²) in [6.45, 7) is -0.551. The van der Waals surface area contributed by atoms with E-state index in [0.29, 0.717) is 30.0 Å². The summed E-state index contributed by atoms with van der Waals surface area (Å²) in [6.07, 6.45) is 4.73. The maximum absolute atomic E-state index is 12.4. The molecule has 1 saturated heterocycles. The second-order valence-corrected chi connectivity index (χ2v) is 7.01. The number of likely N-dealkylation sites (tertiary alicyclic amines) is 1. The van der Waals surface area contributed by atoms with Gasteiger partial charge in [-0.05, 0) is 25.0 Å². The summed E-state index contributed by atoms with van der Waals surface area (Å²) in [5, 5.41) is 2.59. The summed E-state index contributed by atoms with van der Waals surface area (Å²) < 4.78 is 15.3. The maximum atomic E-state index is 12.4. The molecule has 1 fully saturated rings. The van der Waals surface area contributed by atoms with Crippen LogP contribution in [0, 0.1) is 11.8 Å². The number of amides is 3. The number of hydrogen-bond donors (Lipinski definition) is 1. The molecule has 1 aromatic carbocycles. The fourth-order valence-corrected chi connectivity index (χ4v) is 3.61. The van der Waals surface area contributed by atoms with Crippen LogP contribution in [0.25, 0.3) is 0 Å². The predicted molar refractivity (Wildman–Crippen MR) is 106 cm³/mol. The molecule has 3 amide bonds. The van der Waals surface area contributed by atoms with Crippen molar-refractivity contribution in [3.8, 4) is 11.5 Å². The second kappa shape index (κ2) is 9.43. The van der Waals surface area contributed by atoms with Crippen molar-refractivity contribution in [1.29, 1.82) is 0 Å². The quantitative estimate of drug-likeness (QED) is 0.389. The number of carbonyl (C=O) groups excluding carboxylic acids is 4. The van der Waals surface area contributed by atoms with Crippen LogP contribution in [0.4, 0.5) is 5.69 Å². The zero-order chi connectivity index (χ0) is 21.7. The van der Waals surface area contributed by atoms with Crippen molar-refractivity contribution >= 4 is 29.4 Å². The highest BCUT2D eigenvalue weighted by Crippen LogP contribution is 2.35. The van der Waals surface area contributed by atoms with Crippen LogP contribution in [0.2, 0.25) is 0 Å². The number of carbonyl (C=O) groups is 4. The van der Waals surface area contributed by atoms with Gasteiger partial charge in [-0.25, -0.2) is 0 Å². The molecule has 0 aromatic heterocycles. The summed E-state index contributed by atoms with van der Waals surface area (Å²) in [7, 11) is 2.96. The molecule has 1 aromatic rings. The summed E-state index contributed by atoms with van der Waals surface area (Å²) in [5.74, 6) is -1.42. The van der Waals surface area contributed by atoms with Crippen molar-refractivity contribution in [1.82, 2.24) is 4.90 Å². The summed E-state index contributed by atoms with van der Waals surface area (Å²) in [5.41, 5.74) is 0.377. The Morgan fingerprint density at radius 2 is 1.73 bits per heavy atom. The highest BCUT2D eigenvalue weighted by molar-refractivity contribution is 6.05. The van der Waals surface area contributed by atoms with Gasteiger partial charge in [0.25, 0.3) is 5.91 Å². The van der Waals surface area contributed by atoms with Gasteiger partial charge in [0.15, 0.2) is 6.61 Å². The van der Waals surface area contributed by atoms with Crippen LogP contribution >= 0.6 is 0 Å². The lowest BCUT2D eigenvalue weighted by Crippen LogP contribution is -2.33. The van der Waals surface area contributed by atoms with Crippen molar-refractivity contribution in [3.63, 3.8) is 0 Å². The topological polar surface area (TPSA) is 111 Å². The molecule has 0 spiro atoms. The summed E-state index contributed by atoms with van der Waals surface area (Å²) >= 11 is 0. The lowest BCUT2D eigenvalue weighted by Gasteiger charge is -2.14. The Kier molecular flexibility index (Phi) is 6.71. The molecule has 1 aliphatic carbocycles. The van der Waals surface area contributed by atoms with E-state index in [-0.39, 0.29) is 36.6 Å². The minimum atomic E-state index is -0.670. The number of rotatable bonds is 8. The Labute approximate surface area is 174 Å². The standard InChI is InChI=1S/C21H24N2O7/c1-28-13-7-8-17(29-2)16(11-13)22-18(24)12-30-19(25)9-10-23-20(26)14-5-3-4-6-15(14)21(23)27/h3-4,7-8,11,14-15H,5-6,9-10,12H2,1-2H3,(H,22,24)/t14-,15-/m0/s1. The number of hydrogen-bond acceptors (Lipinski definition) is 7. The molecule has 2 atom stereocenters. The number of imide groups is 1. The number of anilines is 1. The molecule has 1 heterocycles. The van der Waals surface area contributed by atoms with E-state index in [4.69, 9.17) is 14.2 Å². The van der Waals surface area contributed by atoms with Gasteiger partial charge in [0, 0.05) is 12.6 Å². The van der Waals surface area contributed by atoms with E-state index in [1.165, 1.54) is 14.2 Å².